The van der Waals surface area contributed by atoms with E-state index in [1.165, 1.54) is 22.3 Å². The maximum Gasteiger partial charge on any atom is 0.404 e. The van der Waals surface area contributed by atoms with Crippen LogP contribution in [0.15, 0.2) is 39.3 Å². The van der Waals surface area contributed by atoms with Crippen molar-refractivity contribution < 1.29 is 9.90 Å². The van der Waals surface area contributed by atoms with Crippen molar-refractivity contribution in [1.82, 2.24) is 5.32 Å². The zero-order valence-electron chi connectivity index (χ0n) is 10.4. The lowest BCUT2D eigenvalue weighted by molar-refractivity contribution is 0.194. The molecule has 0 saturated carbocycles. The number of halogens is 2. The summed E-state index contributed by atoms with van der Waals surface area (Å²) in [6.45, 7) is 0.314. The molecule has 0 aliphatic heterocycles. The third kappa shape index (κ3) is 2.36. The molecule has 0 bridgehead atoms. The average Bonchev–Trinajstić information content (AvgIpc) is 2.74. The minimum absolute atomic E-state index is 0.314. The van der Waals surface area contributed by atoms with Crippen molar-refractivity contribution in [2.24, 2.45) is 0 Å². The zero-order valence-corrected chi connectivity index (χ0v) is 13.6. The van der Waals surface area contributed by atoms with Gasteiger partial charge in [0.1, 0.15) is 0 Å². The first-order valence-electron chi connectivity index (χ1n) is 6.12. The summed E-state index contributed by atoms with van der Waals surface area (Å²) in [6.07, 6.45) is -0.173. The van der Waals surface area contributed by atoms with E-state index in [4.69, 9.17) is 5.11 Å². The Morgan fingerprint density at radius 1 is 1.20 bits per heavy atom. The van der Waals surface area contributed by atoms with Crippen LogP contribution in [0.4, 0.5) is 4.79 Å². The van der Waals surface area contributed by atoms with Crippen molar-refractivity contribution in [3.63, 3.8) is 0 Å². The molecule has 1 amide bonds. The van der Waals surface area contributed by atoms with Gasteiger partial charge in [-0.3, -0.25) is 0 Å². The Morgan fingerprint density at radius 2 is 1.95 bits per heavy atom. The highest BCUT2D eigenvalue weighted by molar-refractivity contribution is 9.10. The van der Waals surface area contributed by atoms with Crippen LogP contribution in [0.3, 0.4) is 0 Å². The molecule has 1 aliphatic carbocycles. The lowest BCUT2D eigenvalue weighted by atomic mass is 10.0. The second-order valence-corrected chi connectivity index (χ2v) is 6.46. The van der Waals surface area contributed by atoms with Crippen molar-refractivity contribution in [3.8, 4) is 11.1 Å². The van der Waals surface area contributed by atoms with E-state index in [-0.39, 0.29) is 0 Å². The highest BCUT2D eigenvalue weighted by atomic mass is 79.9. The van der Waals surface area contributed by atoms with Gasteiger partial charge in [-0.1, -0.05) is 44.0 Å². The number of fused-ring (bicyclic) bond motifs is 3. The predicted molar refractivity (Wildman–Crippen MR) is 84.9 cm³/mol. The fourth-order valence-corrected chi connectivity index (χ4v) is 3.56. The van der Waals surface area contributed by atoms with E-state index in [2.05, 4.69) is 55.4 Å². The van der Waals surface area contributed by atoms with Crippen LogP contribution in [-0.2, 0) is 13.0 Å². The number of hydrogen-bond acceptors (Lipinski definition) is 1. The van der Waals surface area contributed by atoms with Crippen LogP contribution in [0, 0.1) is 0 Å². The molecular formula is C15H11Br2NO2. The molecule has 0 atom stereocenters. The van der Waals surface area contributed by atoms with Crippen LogP contribution in [0.1, 0.15) is 16.7 Å². The Balaban J connectivity index is 2.07. The second-order valence-electron chi connectivity index (χ2n) is 4.69. The van der Waals surface area contributed by atoms with Gasteiger partial charge >= 0.3 is 6.09 Å². The van der Waals surface area contributed by atoms with E-state index in [1.54, 1.807) is 0 Å². The van der Waals surface area contributed by atoms with Crippen LogP contribution in [-0.4, -0.2) is 11.2 Å². The Bertz CT molecular complexity index is 713. The molecule has 0 unspecified atom stereocenters. The van der Waals surface area contributed by atoms with Crippen molar-refractivity contribution in [2.45, 2.75) is 13.0 Å². The number of rotatable bonds is 2. The molecule has 2 N–H and O–H groups in total. The predicted octanol–water partition coefficient (Wildman–Crippen LogP) is 4.55. The summed E-state index contributed by atoms with van der Waals surface area (Å²) in [4.78, 5) is 10.7. The molecular weight excluding hydrogens is 386 g/mol. The lowest BCUT2D eigenvalue weighted by Gasteiger charge is -2.11. The fraction of sp³-hybridized carbons (Fsp3) is 0.133. The third-order valence-electron chi connectivity index (χ3n) is 3.52. The maximum absolute atomic E-state index is 10.7. The van der Waals surface area contributed by atoms with Gasteiger partial charge in [0.2, 0.25) is 0 Å². The summed E-state index contributed by atoms with van der Waals surface area (Å²) in [5.41, 5.74) is 5.90. The van der Waals surface area contributed by atoms with Gasteiger partial charge in [0.05, 0.1) is 0 Å². The van der Waals surface area contributed by atoms with Crippen molar-refractivity contribution in [2.75, 3.05) is 0 Å². The van der Waals surface area contributed by atoms with Crippen LogP contribution >= 0.6 is 31.9 Å². The standard InChI is InChI=1S/C15H11Br2NO2/c16-9-1-2-10-8(5-9)6-12-11(10)3-4-14(17)13(12)7-18-15(19)20/h1-5,18H,6-7H2,(H,19,20). The summed E-state index contributed by atoms with van der Waals surface area (Å²) in [6, 6.07) is 10.3. The molecule has 20 heavy (non-hydrogen) atoms. The van der Waals surface area contributed by atoms with E-state index in [1.807, 2.05) is 12.1 Å². The van der Waals surface area contributed by atoms with Crippen molar-refractivity contribution in [3.05, 3.63) is 56.0 Å². The van der Waals surface area contributed by atoms with Gasteiger partial charge in [-0.15, -0.1) is 0 Å². The quantitative estimate of drug-likeness (QED) is 0.667. The topological polar surface area (TPSA) is 49.3 Å². The number of benzene rings is 2. The van der Waals surface area contributed by atoms with Crippen LogP contribution in [0.2, 0.25) is 0 Å². The normalized spacial score (nSPS) is 11.9. The first-order valence-corrected chi connectivity index (χ1v) is 7.70. The first-order chi connectivity index (χ1) is 9.56. The van der Waals surface area contributed by atoms with Crippen LogP contribution < -0.4 is 5.32 Å². The fourth-order valence-electron chi connectivity index (χ4n) is 2.64. The van der Waals surface area contributed by atoms with Crippen LogP contribution in [0.5, 0.6) is 0 Å². The number of nitrogens with one attached hydrogen (secondary N) is 1. The Hall–Kier alpha value is -1.33. The molecule has 1 aliphatic rings. The molecule has 3 rings (SSSR count). The van der Waals surface area contributed by atoms with E-state index >= 15 is 0 Å². The summed E-state index contributed by atoms with van der Waals surface area (Å²) in [5.74, 6) is 0. The molecule has 3 nitrogen and oxygen atoms in total. The van der Waals surface area contributed by atoms with Gasteiger partial charge in [0.15, 0.2) is 0 Å². The van der Waals surface area contributed by atoms with Gasteiger partial charge in [0, 0.05) is 15.5 Å². The van der Waals surface area contributed by atoms with E-state index in [9.17, 15) is 4.79 Å². The average molecular weight is 397 g/mol. The molecule has 2 aromatic rings. The largest absolute Gasteiger partial charge is 0.465 e. The first kappa shape index (κ1) is 13.6. The summed E-state index contributed by atoms with van der Waals surface area (Å²) < 4.78 is 2.00. The van der Waals surface area contributed by atoms with E-state index in [0.717, 1.165) is 20.9 Å². The smallest absolute Gasteiger partial charge is 0.404 e. The molecule has 2 aromatic carbocycles. The van der Waals surface area contributed by atoms with Gasteiger partial charge in [-0.25, -0.2) is 4.79 Å². The molecule has 0 fully saturated rings. The summed E-state index contributed by atoms with van der Waals surface area (Å²) in [7, 11) is 0. The van der Waals surface area contributed by atoms with Crippen molar-refractivity contribution >= 4 is 38.0 Å². The maximum atomic E-state index is 10.7. The molecule has 0 radical (unpaired) electrons. The molecule has 5 heteroatoms. The lowest BCUT2D eigenvalue weighted by Crippen LogP contribution is -2.21. The number of hydrogen-bond donors (Lipinski definition) is 2. The highest BCUT2D eigenvalue weighted by Gasteiger charge is 2.22. The number of carboxylic acid groups (broad SMARTS) is 1. The van der Waals surface area contributed by atoms with Gasteiger partial charge in [0.25, 0.3) is 0 Å². The summed E-state index contributed by atoms with van der Waals surface area (Å²) in [5, 5.41) is 11.2. The highest BCUT2D eigenvalue weighted by Crippen LogP contribution is 2.41. The van der Waals surface area contributed by atoms with Crippen LogP contribution in [0.25, 0.3) is 11.1 Å². The Morgan fingerprint density at radius 3 is 2.70 bits per heavy atom. The molecule has 0 saturated heterocycles. The zero-order chi connectivity index (χ0) is 14.3. The van der Waals surface area contributed by atoms with Gasteiger partial charge in [-0.05, 0) is 52.4 Å². The Labute approximate surface area is 133 Å². The SMILES string of the molecule is O=C(O)NCc1c(Br)ccc2c1Cc1cc(Br)ccc1-2. The summed E-state index contributed by atoms with van der Waals surface area (Å²) >= 11 is 7.01. The van der Waals surface area contributed by atoms with E-state index < -0.39 is 6.09 Å². The molecule has 0 heterocycles. The monoisotopic (exact) mass is 395 g/mol. The van der Waals surface area contributed by atoms with Gasteiger partial charge in [-0.2, -0.15) is 0 Å². The number of amides is 1. The molecule has 102 valence electrons. The van der Waals surface area contributed by atoms with E-state index in [0.29, 0.717) is 6.54 Å². The van der Waals surface area contributed by atoms with Crippen molar-refractivity contribution in [1.29, 1.82) is 0 Å². The molecule has 0 aromatic heterocycles. The number of carbonyl (C=O) groups is 1. The van der Waals surface area contributed by atoms with Gasteiger partial charge < -0.3 is 10.4 Å². The molecule has 0 spiro atoms. The minimum atomic E-state index is -1.01. The minimum Gasteiger partial charge on any atom is -0.465 e. The second kappa shape index (κ2) is 5.22. The third-order valence-corrected chi connectivity index (χ3v) is 4.75. The Kier molecular flexibility index (Phi) is 3.56.